The third-order valence-electron chi connectivity index (χ3n) is 6.04. The van der Waals surface area contributed by atoms with Gasteiger partial charge in [0, 0.05) is 34.3 Å². The average Bonchev–Trinajstić information content (AvgIpc) is 2.78. The first kappa shape index (κ1) is 21.2. The zero-order chi connectivity index (χ0) is 22.1. The van der Waals surface area contributed by atoms with Crippen LogP contribution < -0.4 is 10.1 Å². The van der Waals surface area contributed by atoms with E-state index in [0.29, 0.717) is 34.7 Å². The van der Waals surface area contributed by atoms with Gasteiger partial charge in [0.25, 0.3) is 0 Å². The quantitative estimate of drug-likeness (QED) is 0.690. The molecule has 0 saturated heterocycles. The number of esters is 1. The lowest BCUT2D eigenvalue weighted by Crippen LogP contribution is -2.36. The normalized spacial score (nSPS) is 20.8. The number of allylic oxidation sites excluding steroid dienone is 3. The second-order valence-electron chi connectivity index (χ2n) is 7.80. The number of ether oxygens (including phenoxy) is 2. The van der Waals surface area contributed by atoms with Gasteiger partial charge in [-0.3, -0.25) is 4.79 Å². The predicted molar refractivity (Wildman–Crippen MR) is 119 cm³/mol. The fourth-order valence-electron chi connectivity index (χ4n) is 4.55. The Morgan fingerprint density at radius 1 is 1.06 bits per heavy atom. The summed E-state index contributed by atoms with van der Waals surface area (Å²) in [5.74, 6) is -0.187. The monoisotopic (exact) mass is 437 g/mol. The summed E-state index contributed by atoms with van der Waals surface area (Å²) in [7, 11) is 2.98. The molecular weight excluding hydrogens is 414 g/mol. The first-order valence-corrected chi connectivity index (χ1v) is 10.5. The molecule has 2 aromatic rings. The van der Waals surface area contributed by atoms with Crippen LogP contribution in [0.3, 0.4) is 0 Å². The average molecular weight is 438 g/mol. The molecule has 1 aliphatic heterocycles. The molecule has 6 heteroatoms. The lowest BCUT2D eigenvalue weighted by atomic mass is 9.71. The van der Waals surface area contributed by atoms with Gasteiger partial charge >= 0.3 is 5.97 Å². The van der Waals surface area contributed by atoms with Crippen LogP contribution in [0.15, 0.2) is 71.1 Å². The maximum absolute atomic E-state index is 13.5. The van der Waals surface area contributed by atoms with Gasteiger partial charge in [-0.25, -0.2) is 4.79 Å². The third kappa shape index (κ3) is 3.86. The summed E-state index contributed by atoms with van der Waals surface area (Å²) < 4.78 is 10.3. The molecule has 160 valence electrons. The van der Waals surface area contributed by atoms with Crippen LogP contribution in [0, 0.1) is 0 Å². The van der Waals surface area contributed by atoms with Crippen LogP contribution in [0.5, 0.6) is 5.75 Å². The molecule has 0 unspecified atom stereocenters. The van der Waals surface area contributed by atoms with Crippen molar-refractivity contribution in [3.05, 3.63) is 87.2 Å². The highest BCUT2D eigenvalue weighted by Crippen LogP contribution is 2.47. The number of nitrogens with one attached hydrogen (secondary N) is 1. The molecule has 4 rings (SSSR count). The topological polar surface area (TPSA) is 64.6 Å². The Bertz CT molecular complexity index is 1100. The first-order chi connectivity index (χ1) is 14.9. The summed E-state index contributed by atoms with van der Waals surface area (Å²) in [5, 5.41) is 3.84. The minimum absolute atomic E-state index is 0.00777. The number of rotatable bonds is 4. The van der Waals surface area contributed by atoms with Crippen LogP contribution in [-0.4, -0.2) is 26.0 Å². The van der Waals surface area contributed by atoms with E-state index < -0.39 is 11.9 Å². The molecule has 0 radical (unpaired) electrons. The summed E-state index contributed by atoms with van der Waals surface area (Å²) in [4.78, 5) is 26.1. The molecule has 0 bridgehead atoms. The molecule has 2 aromatic carbocycles. The van der Waals surface area contributed by atoms with Gasteiger partial charge in [0.05, 0.1) is 19.8 Å². The highest BCUT2D eigenvalue weighted by atomic mass is 35.5. The van der Waals surface area contributed by atoms with E-state index in [9.17, 15) is 9.59 Å². The first-order valence-electron chi connectivity index (χ1n) is 10.1. The van der Waals surface area contributed by atoms with Gasteiger partial charge in [-0.1, -0.05) is 41.9 Å². The number of carbonyl (C=O) groups excluding carboxylic acids is 2. The van der Waals surface area contributed by atoms with Crippen LogP contribution in [0.4, 0.5) is 0 Å². The molecule has 1 N–H and O–H groups in total. The van der Waals surface area contributed by atoms with Crippen molar-refractivity contribution in [1.82, 2.24) is 5.32 Å². The van der Waals surface area contributed by atoms with Crippen molar-refractivity contribution in [3.63, 3.8) is 0 Å². The van der Waals surface area contributed by atoms with Gasteiger partial charge in [-0.15, -0.1) is 0 Å². The SMILES string of the molecule is COC(=O)C1=C(C)NC2=C(C(=O)C[C@H](c3ccc(OC)cc3)C2)[C@@H]1c1ccccc1Cl. The summed E-state index contributed by atoms with van der Waals surface area (Å²) in [5.41, 5.74) is 4.35. The molecule has 0 aromatic heterocycles. The second-order valence-corrected chi connectivity index (χ2v) is 8.21. The molecule has 2 aliphatic rings. The number of Topliss-reactive ketones (excluding diaryl/α,β-unsaturated/α-hetero) is 1. The van der Waals surface area contributed by atoms with E-state index in [2.05, 4.69) is 5.32 Å². The summed E-state index contributed by atoms with van der Waals surface area (Å²) in [6.07, 6.45) is 1.03. The Morgan fingerprint density at radius 3 is 2.42 bits per heavy atom. The lowest BCUT2D eigenvalue weighted by Gasteiger charge is -2.36. The number of methoxy groups -OCH3 is 2. The Kier molecular flexibility index (Phi) is 5.88. The number of benzene rings is 2. The van der Waals surface area contributed by atoms with Crippen LogP contribution in [0.25, 0.3) is 0 Å². The van der Waals surface area contributed by atoms with Crippen molar-refractivity contribution in [1.29, 1.82) is 0 Å². The standard InChI is InChI=1S/C25H24ClNO4/c1-14-22(25(29)31-3)23(18-6-4-5-7-19(18)26)24-20(27-14)12-16(13-21(24)28)15-8-10-17(30-2)11-9-15/h4-11,16,23,27H,12-13H2,1-3H3/t16-,23-/m1/s1. The molecule has 1 heterocycles. The zero-order valence-electron chi connectivity index (χ0n) is 17.7. The molecule has 0 amide bonds. The molecule has 0 fully saturated rings. The van der Waals surface area contributed by atoms with Gasteiger partial charge in [0.1, 0.15) is 5.75 Å². The number of dihydropyridines is 1. The lowest BCUT2D eigenvalue weighted by molar-refractivity contribution is -0.136. The molecule has 31 heavy (non-hydrogen) atoms. The maximum Gasteiger partial charge on any atom is 0.336 e. The summed E-state index contributed by atoms with van der Waals surface area (Å²) in [6, 6.07) is 15.1. The van der Waals surface area contributed by atoms with E-state index in [4.69, 9.17) is 21.1 Å². The molecular formula is C25H24ClNO4. The fourth-order valence-corrected chi connectivity index (χ4v) is 4.80. The zero-order valence-corrected chi connectivity index (χ0v) is 18.5. The Balaban J connectivity index is 1.79. The van der Waals surface area contributed by atoms with Crippen molar-refractivity contribution in [2.45, 2.75) is 31.6 Å². The van der Waals surface area contributed by atoms with Crippen molar-refractivity contribution in [3.8, 4) is 5.75 Å². The van der Waals surface area contributed by atoms with Gasteiger partial charge < -0.3 is 14.8 Å². The predicted octanol–water partition coefficient (Wildman–Crippen LogP) is 4.88. The maximum atomic E-state index is 13.5. The van der Waals surface area contributed by atoms with Crippen LogP contribution in [0.2, 0.25) is 5.02 Å². The van der Waals surface area contributed by atoms with E-state index in [0.717, 1.165) is 22.6 Å². The van der Waals surface area contributed by atoms with E-state index in [1.54, 1.807) is 13.2 Å². The minimum atomic E-state index is -0.554. The van der Waals surface area contributed by atoms with Crippen molar-refractivity contribution < 1.29 is 19.1 Å². The molecule has 0 spiro atoms. The van der Waals surface area contributed by atoms with Gasteiger partial charge in [0.15, 0.2) is 5.78 Å². The Hall–Kier alpha value is -3.05. The van der Waals surface area contributed by atoms with Gasteiger partial charge in [0.2, 0.25) is 0 Å². The van der Waals surface area contributed by atoms with Crippen molar-refractivity contribution in [2.24, 2.45) is 0 Å². The largest absolute Gasteiger partial charge is 0.497 e. The van der Waals surface area contributed by atoms with E-state index >= 15 is 0 Å². The molecule has 5 nitrogen and oxygen atoms in total. The Labute approximate surface area is 186 Å². The van der Waals surface area contributed by atoms with E-state index in [1.807, 2.05) is 49.4 Å². The number of halogens is 1. The summed E-state index contributed by atoms with van der Waals surface area (Å²) in [6.45, 7) is 1.83. The van der Waals surface area contributed by atoms with E-state index in [1.165, 1.54) is 7.11 Å². The third-order valence-corrected chi connectivity index (χ3v) is 6.38. The van der Waals surface area contributed by atoms with Crippen molar-refractivity contribution >= 4 is 23.4 Å². The Morgan fingerprint density at radius 2 is 1.77 bits per heavy atom. The number of carbonyl (C=O) groups is 2. The minimum Gasteiger partial charge on any atom is -0.497 e. The van der Waals surface area contributed by atoms with Crippen molar-refractivity contribution in [2.75, 3.05) is 14.2 Å². The number of ketones is 1. The smallest absolute Gasteiger partial charge is 0.336 e. The van der Waals surface area contributed by atoms with E-state index in [-0.39, 0.29) is 11.7 Å². The number of hydrogen-bond donors (Lipinski definition) is 1. The molecule has 0 saturated carbocycles. The second kappa shape index (κ2) is 8.60. The highest BCUT2D eigenvalue weighted by molar-refractivity contribution is 6.31. The van der Waals surface area contributed by atoms with Crippen LogP contribution in [-0.2, 0) is 14.3 Å². The van der Waals surface area contributed by atoms with Gasteiger partial charge in [-0.05, 0) is 48.6 Å². The highest BCUT2D eigenvalue weighted by Gasteiger charge is 2.41. The number of hydrogen-bond acceptors (Lipinski definition) is 5. The van der Waals surface area contributed by atoms with Crippen LogP contribution >= 0.6 is 11.6 Å². The summed E-state index contributed by atoms with van der Waals surface area (Å²) >= 11 is 6.51. The molecule has 1 aliphatic carbocycles. The fraction of sp³-hybridized carbons (Fsp3) is 0.280. The molecule has 2 atom stereocenters. The van der Waals surface area contributed by atoms with Gasteiger partial charge in [-0.2, -0.15) is 0 Å². The van der Waals surface area contributed by atoms with Crippen LogP contribution in [0.1, 0.15) is 42.7 Å².